The van der Waals surface area contributed by atoms with E-state index >= 15 is 0 Å². The Bertz CT molecular complexity index is 503. The van der Waals surface area contributed by atoms with E-state index < -0.39 is 0 Å². The quantitative estimate of drug-likeness (QED) is 0.892. The Morgan fingerprint density at radius 1 is 1.36 bits per heavy atom. The maximum atomic E-state index is 12.2. The summed E-state index contributed by atoms with van der Waals surface area (Å²) in [6, 6.07) is 4.82. The van der Waals surface area contributed by atoms with Crippen LogP contribution in [0.4, 0.5) is 0 Å². The van der Waals surface area contributed by atoms with E-state index in [9.17, 15) is 4.79 Å². The van der Waals surface area contributed by atoms with Crippen molar-refractivity contribution in [2.45, 2.75) is 20.0 Å². The number of hydrogen-bond donors (Lipinski definition) is 1. The van der Waals surface area contributed by atoms with Crippen LogP contribution in [-0.4, -0.2) is 49.7 Å². The van der Waals surface area contributed by atoms with Gasteiger partial charge in [0.2, 0.25) is 0 Å². The van der Waals surface area contributed by atoms with E-state index in [2.05, 4.69) is 24.1 Å². The van der Waals surface area contributed by atoms with Crippen LogP contribution in [0.3, 0.4) is 0 Å². The van der Waals surface area contributed by atoms with Gasteiger partial charge >= 0.3 is 0 Å². The molecule has 0 aromatic heterocycles. The predicted molar refractivity (Wildman–Crippen MR) is 89.8 cm³/mol. The van der Waals surface area contributed by atoms with E-state index in [1.165, 1.54) is 0 Å². The second-order valence-corrected chi connectivity index (χ2v) is 6.89. The van der Waals surface area contributed by atoms with Gasteiger partial charge in [0, 0.05) is 41.8 Å². The zero-order valence-corrected chi connectivity index (χ0v) is 14.5. The van der Waals surface area contributed by atoms with Crippen molar-refractivity contribution in [2.75, 3.05) is 32.8 Å². The third-order valence-corrected chi connectivity index (χ3v) is 3.90. The number of ether oxygens (including phenoxy) is 1. The first-order chi connectivity index (χ1) is 10.4. The zero-order chi connectivity index (χ0) is 16.1. The molecule has 0 unspecified atom stereocenters. The van der Waals surface area contributed by atoms with E-state index in [-0.39, 0.29) is 12.0 Å². The first kappa shape index (κ1) is 17.5. The minimum atomic E-state index is -0.186. The number of nitrogens with zero attached hydrogens (tertiary/aromatic N) is 1. The Kier molecular flexibility index (Phi) is 6.50. The van der Waals surface area contributed by atoms with Crippen LogP contribution in [-0.2, 0) is 4.74 Å². The number of morpholine rings is 1. The van der Waals surface area contributed by atoms with Crippen molar-refractivity contribution >= 4 is 29.1 Å². The van der Waals surface area contributed by atoms with Gasteiger partial charge in [-0.15, -0.1) is 0 Å². The van der Waals surface area contributed by atoms with Crippen LogP contribution >= 0.6 is 23.2 Å². The van der Waals surface area contributed by atoms with Gasteiger partial charge in [-0.3, -0.25) is 9.69 Å². The molecular formula is C16H22Cl2N2O2. The molecule has 1 atom stereocenters. The van der Waals surface area contributed by atoms with Crippen molar-refractivity contribution in [3.63, 3.8) is 0 Å². The molecule has 122 valence electrons. The third-order valence-electron chi connectivity index (χ3n) is 3.46. The number of carbonyl (C=O) groups is 1. The Morgan fingerprint density at radius 2 is 2.05 bits per heavy atom. The highest BCUT2D eigenvalue weighted by Crippen LogP contribution is 2.19. The summed E-state index contributed by atoms with van der Waals surface area (Å²) in [7, 11) is 0. The summed E-state index contributed by atoms with van der Waals surface area (Å²) in [6.45, 7) is 8.44. The van der Waals surface area contributed by atoms with Gasteiger partial charge in [-0.25, -0.2) is 0 Å². The van der Waals surface area contributed by atoms with Gasteiger partial charge in [0.15, 0.2) is 0 Å². The van der Waals surface area contributed by atoms with Crippen molar-refractivity contribution in [3.8, 4) is 0 Å². The minimum absolute atomic E-state index is 0.0195. The van der Waals surface area contributed by atoms with Crippen molar-refractivity contribution in [3.05, 3.63) is 33.8 Å². The van der Waals surface area contributed by atoms with Crippen LogP contribution < -0.4 is 5.32 Å². The summed E-state index contributed by atoms with van der Waals surface area (Å²) in [5.74, 6) is 0.441. The van der Waals surface area contributed by atoms with E-state index in [0.717, 1.165) is 19.6 Å². The van der Waals surface area contributed by atoms with Gasteiger partial charge in [0.05, 0.1) is 12.7 Å². The molecule has 1 saturated heterocycles. The number of hydrogen-bond acceptors (Lipinski definition) is 3. The molecule has 0 bridgehead atoms. The maximum absolute atomic E-state index is 12.2. The van der Waals surface area contributed by atoms with E-state index in [4.69, 9.17) is 27.9 Å². The fraction of sp³-hybridized carbons (Fsp3) is 0.562. The molecule has 1 aromatic rings. The van der Waals surface area contributed by atoms with Gasteiger partial charge in [-0.2, -0.15) is 0 Å². The molecule has 1 aromatic carbocycles. The second kappa shape index (κ2) is 8.16. The molecule has 1 amide bonds. The topological polar surface area (TPSA) is 41.6 Å². The summed E-state index contributed by atoms with van der Waals surface area (Å²) in [5, 5.41) is 3.80. The molecule has 1 heterocycles. The van der Waals surface area contributed by atoms with Crippen LogP contribution in [0.1, 0.15) is 24.2 Å². The summed E-state index contributed by atoms with van der Waals surface area (Å²) in [4.78, 5) is 14.5. The second-order valence-electron chi connectivity index (χ2n) is 6.01. The number of halogens is 2. The van der Waals surface area contributed by atoms with Gasteiger partial charge in [-0.1, -0.05) is 37.0 Å². The third kappa shape index (κ3) is 5.43. The highest BCUT2D eigenvalue weighted by Gasteiger charge is 2.21. The summed E-state index contributed by atoms with van der Waals surface area (Å²) in [6.07, 6.45) is 0.0195. The number of nitrogens with one attached hydrogen (secondary N) is 1. The van der Waals surface area contributed by atoms with E-state index in [1.807, 2.05) is 0 Å². The van der Waals surface area contributed by atoms with Crippen molar-refractivity contribution in [1.29, 1.82) is 0 Å². The van der Waals surface area contributed by atoms with Gasteiger partial charge in [0.25, 0.3) is 5.91 Å². The molecule has 1 N–H and O–H groups in total. The van der Waals surface area contributed by atoms with Gasteiger partial charge < -0.3 is 10.1 Å². The average Bonchev–Trinajstić information content (AvgIpc) is 2.43. The summed E-state index contributed by atoms with van der Waals surface area (Å²) in [5.41, 5.74) is 0.465. The first-order valence-corrected chi connectivity index (χ1v) is 8.28. The molecule has 1 fully saturated rings. The average molecular weight is 345 g/mol. The van der Waals surface area contributed by atoms with Crippen LogP contribution in [0.25, 0.3) is 0 Å². The molecule has 4 nitrogen and oxygen atoms in total. The summed E-state index contributed by atoms with van der Waals surface area (Å²) >= 11 is 11.8. The fourth-order valence-corrected chi connectivity index (χ4v) is 3.11. The Balaban J connectivity index is 1.85. The maximum Gasteiger partial charge on any atom is 0.251 e. The smallest absolute Gasteiger partial charge is 0.251 e. The number of rotatable bonds is 5. The molecule has 1 aliphatic heterocycles. The normalized spacial score (nSPS) is 19.4. The van der Waals surface area contributed by atoms with Gasteiger partial charge in [-0.05, 0) is 24.1 Å². The van der Waals surface area contributed by atoms with Crippen molar-refractivity contribution < 1.29 is 9.53 Å². The molecule has 0 spiro atoms. The number of carbonyl (C=O) groups excluding carboxylic acids is 1. The fourth-order valence-electron chi connectivity index (χ4n) is 2.58. The lowest BCUT2D eigenvalue weighted by molar-refractivity contribution is -0.0295. The molecule has 6 heteroatoms. The highest BCUT2D eigenvalue weighted by molar-refractivity contribution is 6.35. The van der Waals surface area contributed by atoms with Crippen LogP contribution in [0, 0.1) is 5.92 Å². The Labute approximate surface area is 141 Å². The zero-order valence-electron chi connectivity index (χ0n) is 12.9. The lowest BCUT2D eigenvalue weighted by Gasteiger charge is -2.33. The van der Waals surface area contributed by atoms with E-state index in [0.29, 0.717) is 34.7 Å². The number of benzene rings is 1. The van der Waals surface area contributed by atoms with Crippen LogP contribution in [0.2, 0.25) is 10.0 Å². The van der Waals surface area contributed by atoms with Crippen molar-refractivity contribution in [1.82, 2.24) is 10.2 Å². The molecule has 0 saturated carbocycles. The summed E-state index contributed by atoms with van der Waals surface area (Å²) < 4.78 is 5.71. The Hall–Kier alpha value is -0.810. The predicted octanol–water partition coefficient (Wildman–Crippen LogP) is 3.08. The number of amides is 1. The monoisotopic (exact) mass is 344 g/mol. The van der Waals surface area contributed by atoms with Crippen molar-refractivity contribution in [2.24, 2.45) is 5.92 Å². The molecular weight excluding hydrogens is 323 g/mol. The largest absolute Gasteiger partial charge is 0.374 e. The highest BCUT2D eigenvalue weighted by atomic mass is 35.5. The molecule has 2 rings (SSSR count). The van der Waals surface area contributed by atoms with E-state index in [1.54, 1.807) is 18.2 Å². The SMILES string of the molecule is CC(C)CN1CCO[C@@H](CNC(=O)c2cc(Cl)cc(Cl)c2)C1. The standard InChI is InChI=1S/C16H22Cl2N2O2/c1-11(2)9-20-3-4-22-15(10-20)8-19-16(21)12-5-13(17)7-14(18)6-12/h5-7,11,15H,3-4,8-10H2,1-2H3,(H,19,21)/t15-/m0/s1. The molecule has 22 heavy (non-hydrogen) atoms. The van der Waals surface area contributed by atoms with Gasteiger partial charge in [0.1, 0.15) is 0 Å². The lowest BCUT2D eigenvalue weighted by Crippen LogP contribution is -2.48. The van der Waals surface area contributed by atoms with Crippen LogP contribution in [0.5, 0.6) is 0 Å². The minimum Gasteiger partial charge on any atom is -0.374 e. The molecule has 0 aliphatic carbocycles. The van der Waals surface area contributed by atoms with Crippen LogP contribution in [0.15, 0.2) is 18.2 Å². The first-order valence-electron chi connectivity index (χ1n) is 7.52. The Morgan fingerprint density at radius 3 is 2.68 bits per heavy atom. The molecule has 1 aliphatic rings. The molecule has 0 radical (unpaired) electrons. The lowest BCUT2D eigenvalue weighted by atomic mass is 10.1.